The molecule has 10 heteroatoms. The third-order valence-corrected chi connectivity index (χ3v) is 3.95. The van der Waals surface area contributed by atoms with E-state index in [-0.39, 0.29) is 35.9 Å². The van der Waals surface area contributed by atoms with E-state index in [0.717, 1.165) is 6.07 Å². The summed E-state index contributed by atoms with van der Waals surface area (Å²) < 4.78 is 10.5. The van der Waals surface area contributed by atoms with Crippen LogP contribution in [0.4, 0.5) is 11.4 Å². The highest BCUT2D eigenvalue weighted by atomic mass is 16.6. The minimum Gasteiger partial charge on any atom is -0.493 e. The van der Waals surface area contributed by atoms with Gasteiger partial charge in [0.25, 0.3) is 17.3 Å². The van der Waals surface area contributed by atoms with Crippen molar-refractivity contribution in [2.24, 2.45) is 0 Å². The molecule has 0 aliphatic heterocycles. The third kappa shape index (κ3) is 4.34. The average Bonchev–Trinajstić information content (AvgIpc) is 2.67. The van der Waals surface area contributed by atoms with Crippen LogP contribution >= 0.6 is 0 Å². The van der Waals surface area contributed by atoms with Gasteiger partial charge in [-0.1, -0.05) is 18.2 Å². The number of rotatable bonds is 8. The molecule has 0 fully saturated rings. The number of benzene rings is 2. The molecule has 0 aliphatic carbocycles. The molecule has 0 aliphatic rings. The molecule has 148 valence electrons. The number of para-hydroxylation sites is 1. The summed E-state index contributed by atoms with van der Waals surface area (Å²) in [5.74, 6) is -0.349. The summed E-state index contributed by atoms with van der Waals surface area (Å²) in [6.45, 7) is 1.90. The lowest BCUT2D eigenvalue weighted by atomic mass is 10.1. The lowest BCUT2D eigenvalue weighted by Crippen LogP contribution is -2.27. The predicted octanol–water partition coefficient (Wildman–Crippen LogP) is 3.18. The Morgan fingerprint density at radius 3 is 2.29 bits per heavy atom. The zero-order valence-corrected chi connectivity index (χ0v) is 15.6. The molecule has 0 saturated carbocycles. The Hall–Kier alpha value is -3.69. The number of amides is 1. The summed E-state index contributed by atoms with van der Waals surface area (Å²) in [4.78, 5) is 35.4. The van der Waals surface area contributed by atoms with Gasteiger partial charge in [0.15, 0.2) is 11.5 Å². The number of hydrogen-bond donors (Lipinski definition) is 0. The van der Waals surface area contributed by atoms with E-state index in [1.54, 1.807) is 13.0 Å². The maximum atomic E-state index is 12.9. The van der Waals surface area contributed by atoms with E-state index >= 15 is 0 Å². The van der Waals surface area contributed by atoms with Crippen LogP contribution in [0.25, 0.3) is 0 Å². The smallest absolute Gasteiger partial charge is 0.286 e. The number of nitro benzene ring substituents is 2. The van der Waals surface area contributed by atoms with E-state index in [9.17, 15) is 25.0 Å². The molecule has 0 atom stereocenters. The van der Waals surface area contributed by atoms with Gasteiger partial charge >= 0.3 is 0 Å². The fourth-order valence-electron chi connectivity index (χ4n) is 2.65. The van der Waals surface area contributed by atoms with Crippen molar-refractivity contribution in [1.29, 1.82) is 0 Å². The fourth-order valence-corrected chi connectivity index (χ4v) is 2.65. The van der Waals surface area contributed by atoms with Gasteiger partial charge in [-0.25, -0.2) is 0 Å². The molecule has 2 rings (SSSR count). The molecular weight excluding hydrogens is 370 g/mol. The summed E-state index contributed by atoms with van der Waals surface area (Å²) in [5, 5.41) is 22.6. The number of carbonyl (C=O) groups is 1. The lowest BCUT2D eigenvalue weighted by Gasteiger charge is -2.18. The molecule has 0 spiro atoms. The second-order valence-corrected chi connectivity index (χ2v) is 5.76. The van der Waals surface area contributed by atoms with Gasteiger partial charge in [0, 0.05) is 24.7 Å². The first-order valence-corrected chi connectivity index (χ1v) is 8.27. The lowest BCUT2D eigenvalue weighted by molar-refractivity contribution is -0.385. The molecule has 0 bridgehead atoms. The highest BCUT2D eigenvalue weighted by Crippen LogP contribution is 2.35. The Morgan fingerprint density at radius 1 is 1.07 bits per heavy atom. The van der Waals surface area contributed by atoms with Gasteiger partial charge in [0.2, 0.25) is 0 Å². The van der Waals surface area contributed by atoms with Gasteiger partial charge in [-0.2, -0.15) is 0 Å². The first-order chi connectivity index (χ1) is 13.3. The standard InChI is InChI=1S/C18H19N3O7/c1-4-28-17-9-13(15(21(25)26)10-16(17)27-3)18(22)19(2)11-12-7-5-6-8-14(12)20(23)24/h5-10H,4,11H2,1-3H3. The predicted molar refractivity (Wildman–Crippen MR) is 99.7 cm³/mol. The molecule has 2 aromatic carbocycles. The monoisotopic (exact) mass is 389 g/mol. The highest BCUT2D eigenvalue weighted by molar-refractivity contribution is 5.99. The van der Waals surface area contributed by atoms with E-state index in [1.165, 1.54) is 43.3 Å². The first-order valence-electron chi connectivity index (χ1n) is 8.27. The van der Waals surface area contributed by atoms with Crippen LogP contribution in [0.5, 0.6) is 11.5 Å². The maximum Gasteiger partial charge on any atom is 0.286 e. The van der Waals surface area contributed by atoms with Gasteiger partial charge in [0.1, 0.15) is 5.56 Å². The molecule has 2 aromatic rings. The quantitative estimate of drug-likeness (QED) is 0.501. The Kier molecular flexibility index (Phi) is 6.48. The second-order valence-electron chi connectivity index (χ2n) is 5.76. The van der Waals surface area contributed by atoms with E-state index in [4.69, 9.17) is 9.47 Å². The van der Waals surface area contributed by atoms with Crippen LogP contribution in [0.2, 0.25) is 0 Å². The van der Waals surface area contributed by atoms with Gasteiger partial charge in [-0.3, -0.25) is 25.0 Å². The van der Waals surface area contributed by atoms with Gasteiger partial charge in [-0.05, 0) is 6.92 Å². The summed E-state index contributed by atoms with van der Waals surface area (Å²) in [7, 11) is 2.75. The third-order valence-electron chi connectivity index (χ3n) is 3.95. The van der Waals surface area contributed by atoms with Crippen LogP contribution in [0.15, 0.2) is 36.4 Å². The Morgan fingerprint density at radius 2 is 1.71 bits per heavy atom. The average molecular weight is 389 g/mol. The van der Waals surface area contributed by atoms with Gasteiger partial charge in [0.05, 0.1) is 36.2 Å². The van der Waals surface area contributed by atoms with Crippen LogP contribution in [-0.4, -0.2) is 41.4 Å². The number of carbonyl (C=O) groups excluding carboxylic acids is 1. The molecule has 0 aromatic heterocycles. The minimum atomic E-state index is -0.690. The Labute approximate surface area is 160 Å². The summed E-state index contributed by atoms with van der Waals surface area (Å²) >= 11 is 0. The van der Waals surface area contributed by atoms with Crippen molar-refractivity contribution >= 4 is 17.3 Å². The molecule has 28 heavy (non-hydrogen) atoms. The van der Waals surface area contributed by atoms with E-state index in [1.807, 2.05) is 0 Å². The largest absolute Gasteiger partial charge is 0.493 e. The zero-order valence-electron chi connectivity index (χ0n) is 15.6. The van der Waals surface area contributed by atoms with Crippen LogP contribution in [0.3, 0.4) is 0 Å². The van der Waals surface area contributed by atoms with Crippen molar-refractivity contribution in [3.05, 3.63) is 67.8 Å². The molecule has 0 radical (unpaired) electrons. The zero-order chi connectivity index (χ0) is 20.8. The molecule has 0 unspecified atom stereocenters. The first kappa shape index (κ1) is 20.6. The van der Waals surface area contributed by atoms with Crippen molar-refractivity contribution in [2.45, 2.75) is 13.5 Å². The van der Waals surface area contributed by atoms with Crippen LogP contribution in [0.1, 0.15) is 22.8 Å². The van der Waals surface area contributed by atoms with Crippen LogP contribution in [0, 0.1) is 20.2 Å². The maximum absolute atomic E-state index is 12.9. The van der Waals surface area contributed by atoms with Crippen molar-refractivity contribution in [3.8, 4) is 11.5 Å². The molecular formula is C18H19N3O7. The van der Waals surface area contributed by atoms with Crippen molar-refractivity contribution in [3.63, 3.8) is 0 Å². The number of nitro groups is 2. The van der Waals surface area contributed by atoms with Crippen molar-refractivity contribution in [1.82, 2.24) is 4.90 Å². The summed E-state index contributed by atoms with van der Waals surface area (Å²) in [6, 6.07) is 8.36. The van der Waals surface area contributed by atoms with E-state index in [2.05, 4.69) is 0 Å². The fraction of sp³-hybridized carbons (Fsp3) is 0.278. The Bertz CT molecular complexity index is 914. The van der Waals surface area contributed by atoms with Gasteiger partial charge < -0.3 is 14.4 Å². The second kappa shape index (κ2) is 8.80. The Balaban J connectivity index is 2.43. The minimum absolute atomic E-state index is 0.0941. The molecule has 0 saturated heterocycles. The summed E-state index contributed by atoms with van der Waals surface area (Å²) in [5.41, 5.74) is -0.471. The molecule has 0 heterocycles. The number of methoxy groups -OCH3 is 1. The molecule has 1 amide bonds. The number of ether oxygens (including phenoxy) is 2. The van der Waals surface area contributed by atoms with E-state index < -0.39 is 21.4 Å². The highest BCUT2D eigenvalue weighted by Gasteiger charge is 2.27. The normalized spacial score (nSPS) is 10.2. The molecule has 0 N–H and O–H groups in total. The number of hydrogen-bond acceptors (Lipinski definition) is 7. The molecule has 10 nitrogen and oxygen atoms in total. The van der Waals surface area contributed by atoms with Crippen LogP contribution in [-0.2, 0) is 6.54 Å². The topological polar surface area (TPSA) is 125 Å². The van der Waals surface area contributed by atoms with Crippen LogP contribution < -0.4 is 9.47 Å². The van der Waals surface area contributed by atoms with Crippen molar-refractivity contribution in [2.75, 3.05) is 20.8 Å². The van der Waals surface area contributed by atoms with E-state index in [0.29, 0.717) is 5.56 Å². The van der Waals surface area contributed by atoms with Crippen molar-refractivity contribution < 1.29 is 24.1 Å². The SMILES string of the molecule is CCOc1cc(C(=O)N(C)Cc2ccccc2[N+](=O)[O-])c([N+](=O)[O-])cc1OC. The van der Waals surface area contributed by atoms with Gasteiger partial charge in [-0.15, -0.1) is 0 Å². The summed E-state index contributed by atoms with van der Waals surface area (Å²) in [6.07, 6.45) is 0. The number of nitrogens with zero attached hydrogens (tertiary/aromatic N) is 3.